The van der Waals surface area contributed by atoms with Crippen LogP contribution in [0.15, 0.2) is 46.0 Å². The largest absolute Gasteiger partial charge is 0.493 e. The van der Waals surface area contributed by atoms with E-state index in [1.165, 1.54) is 0 Å². The second-order valence-electron chi connectivity index (χ2n) is 4.74. The molecule has 2 rings (SSSR count). The van der Waals surface area contributed by atoms with Gasteiger partial charge in [0.05, 0.1) is 20.4 Å². The second kappa shape index (κ2) is 7.78. The Bertz CT molecular complexity index is 745. The molecule has 1 N–H and O–H groups in total. The summed E-state index contributed by atoms with van der Waals surface area (Å²) in [6, 6.07) is 10.9. The minimum absolute atomic E-state index is 0.254. The number of carbonyl (C=O) groups is 1. The maximum atomic E-state index is 12.1. The first-order chi connectivity index (χ1) is 11.1. The molecule has 0 aliphatic rings. The number of nitrogens with one attached hydrogen (secondary N) is 1. The number of halogens is 1. The Kier molecular flexibility index (Phi) is 5.76. The van der Waals surface area contributed by atoms with Gasteiger partial charge in [0.25, 0.3) is 5.91 Å². The van der Waals surface area contributed by atoms with E-state index in [9.17, 15) is 4.79 Å². The molecule has 0 unspecified atom stereocenters. The SMILES string of the molecule is COc1cc(Br)c(/C=N\NC(=O)c2ccccc2C)cc1OC. The van der Waals surface area contributed by atoms with E-state index < -0.39 is 0 Å². The van der Waals surface area contributed by atoms with Crippen molar-refractivity contribution in [1.29, 1.82) is 0 Å². The lowest BCUT2D eigenvalue weighted by Crippen LogP contribution is -2.18. The van der Waals surface area contributed by atoms with Crippen LogP contribution in [0.2, 0.25) is 0 Å². The first-order valence-corrected chi connectivity index (χ1v) is 7.66. The summed E-state index contributed by atoms with van der Waals surface area (Å²) in [7, 11) is 3.13. The second-order valence-corrected chi connectivity index (χ2v) is 5.60. The van der Waals surface area contributed by atoms with E-state index in [0.29, 0.717) is 17.1 Å². The average molecular weight is 377 g/mol. The van der Waals surface area contributed by atoms with Gasteiger partial charge in [0, 0.05) is 15.6 Å². The van der Waals surface area contributed by atoms with Gasteiger partial charge in [-0.1, -0.05) is 18.2 Å². The molecule has 0 aliphatic heterocycles. The van der Waals surface area contributed by atoms with Crippen molar-refractivity contribution in [1.82, 2.24) is 5.43 Å². The molecule has 2 aromatic carbocycles. The molecule has 0 saturated heterocycles. The number of carbonyl (C=O) groups excluding carboxylic acids is 1. The highest BCUT2D eigenvalue weighted by Gasteiger charge is 2.09. The van der Waals surface area contributed by atoms with Gasteiger partial charge in [0.1, 0.15) is 0 Å². The molecule has 120 valence electrons. The minimum Gasteiger partial charge on any atom is -0.493 e. The summed E-state index contributed by atoms with van der Waals surface area (Å²) in [6.07, 6.45) is 1.54. The Balaban J connectivity index is 2.15. The molecule has 6 heteroatoms. The van der Waals surface area contributed by atoms with E-state index in [0.717, 1.165) is 15.6 Å². The summed E-state index contributed by atoms with van der Waals surface area (Å²) in [6.45, 7) is 1.88. The number of hydrogen-bond donors (Lipinski definition) is 1. The number of hydrazone groups is 1. The van der Waals surface area contributed by atoms with Crippen molar-refractivity contribution in [3.63, 3.8) is 0 Å². The van der Waals surface area contributed by atoms with Gasteiger partial charge in [-0.3, -0.25) is 4.79 Å². The van der Waals surface area contributed by atoms with Crippen LogP contribution in [0.3, 0.4) is 0 Å². The molecule has 1 amide bonds. The van der Waals surface area contributed by atoms with Crippen LogP contribution < -0.4 is 14.9 Å². The Labute approximate surface area is 143 Å². The Morgan fingerprint density at radius 2 is 1.83 bits per heavy atom. The Hall–Kier alpha value is -2.34. The summed E-state index contributed by atoms with van der Waals surface area (Å²) >= 11 is 3.44. The molecule has 0 atom stereocenters. The highest BCUT2D eigenvalue weighted by atomic mass is 79.9. The van der Waals surface area contributed by atoms with Crippen LogP contribution in [0.4, 0.5) is 0 Å². The molecular weight excluding hydrogens is 360 g/mol. The van der Waals surface area contributed by atoms with Gasteiger partial charge in [-0.15, -0.1) is 0 Å². The normalized spacial score (nSPS) is 10.6. The average Bonchev–Trinajstić information content (AvgIpc) is 2.56. The number of rotatable bonds is 5. The van der Waals surface area contributed by atoms with Crippen LogP contribution in [0.25, 0.3) is 0 Å². The van der Waals surface area contributed by atoms with Crippen LogP contribution in [0.5, 0.6) is 11.5 Å². The molecular formula is C17H17BrN2O3. The molecule has 0 radical (unpaired) electrons. The smallest absolute Gasteiger partial charge is 0.271 e. The van der Waals surface area contributed by atoms with Crippen molar-refractivity contribution in [2.24, 2.45) is 5.10 Å². The molecule has 23 heavy (non-hydrogen) atoms. The first-order valence-electron chi connectivity index (χ1n) is 6.87. The predicted molar refractivity (Wildman–Crippen MR) is 93.5 cm³/mol. The lowest BCUT2D eigenvalue weighted by atomic mass is 10.1. The fourth-order valence-electron chi connectivity index (χ4n) is 2.02. The number of hydrogen-bond acceptors (Lipinski definition) is 4. The molecule has 0 fully saturated rings. The zero-order chi connectivity index (χ0) is 16.8. The van der Waals surface area contributed by atoms with Crippen LogP contribution in [0, 0.1) is 6.92 Å². The third-order valence-corrected chi connectivity index (χ3v) is 3.95. The maximum Gasteiger partial charge on any atom is 0.271 e. The van der Waals surface area contributed by atoms with Gasteiger partial charge < -0.3 is 9.47 Å². The minimum atomic E-state index is -0.254. The number of ether oxygens (including phenoxy) is 2. The monoisotopic (exact) mass is 376 g/mol. The van der Waals surface area contributed by atoms with Crippen molar-refractivity contribution in [2.45, 2.75) is 6.92 Å². The van der Waals surface area contributed by atoms with Gasteiger partial charge in [-0.05, 0) is 46.6 Å². The van der Waals surface area contributed by atoms with E-state index in [-0.39, 0.29) is 5.91 Å². The predicted octanol–water partition coefficient (Wildman–Crippen LogP) is 3.54. The van der Waals surface area contributed by atoms with E-state index in [2.05, 4.69) is 26.5 Å². The molecule has 0 bridgehead atoms. The quantitative estimate of drug-likeness (QED) is 0.641. The molecule has 0 aliphatic carbocycles. The fourth-order valence-corrected chi connectivity index (χ4v) is 2.44. The fraction of sp³-hybridized carbons (Fsp3) is 0.176. The Morgan fingerprint density at radius 1 is 1.17 bits per heavy atom. The van der Waals surface area contributed by atoms with Gasteiger partial charge in [-0.2, -0.15) is 5.10 Å². The van der Waals surface area contributed by atoms with E-state index in [1.54, 1.807) is 38.6 Å². The van der Waals surface area contributed by atoms with Crippen molar-refractivity contribution in [3.8, 4) is 11.5 Å². The topological polar surface area (TPSA) is 59.9 Å². The van der Waals surface area contributed by atoms with E-state index in [1.807, 2.05) is 25.1 Å². The number of benzene rings is 2. The zero-order valence-electron chi connectivity index (χ0n) is 13.1. The highest BCUT2D eigenvalue weighted by Crippen LogP contribution is 2.32. The maximum absolute atomic E-state index is 12.1. The summed E-state index contributed by atoms with van der Waals surface area (Å²) in [5, 5.41) is 4.00. The lowest BCUT2D eigenvalue weighted by Gasteiger charge is -2.09. The molecule has 5 nitrogen and oxygen atoms in total. The zero-order valence-corrected chi connectivity index (χ0v) is 14.7. The molecule has 2 aromatic rings. The van der Waals surface area contributed by atoms with Crippen molar-refractivity contribution in [2.75, 3.05) is 14.2 Å². The summed E-state index contributed by atoms with van der Waals surface area (Å²) in [4.78, 5) is 12.1. The third kappa shape index (κ3) is 4.10. The number of nitrogens with zero attached hydrogens (tertiary/aromatic N) is 1. The van der Waals surface area contributed by atoms with Crippen LogP contribution in [-0.2, 0) is 0 Å². The Morgan fingerprint density at radius 3 is 2.48 bits per heavy atom. The van der Waals surface area contributed by atoms with Crippen LogP contribution in [0.1, 0.15) is 21.5 Å². The number of amides is 1. The molecule has 0 spiro atoms. The van der Waals surface area contributed by atoms with Gasteiger partial charge >= 0.3 is 0 Å². The lowest BCUT2D eigenvalue weighted by molar-refractivity contribution is 0.0954. The van der Waals surface area contributed by atoms with Crippen LogP contribution >= 0.6 is 15.9 Å². The molecule has 0 saturated carbocycles. The van der Waals surface area contributed by atoms with Crippen molar-refractivity contribution < 1.29 is 14.3 Å². The van der Waals surface area contributed by atoms with E-state index in [4.69, 9.17) is 9.47 Å². The summed E-state index contributed by atoms with van der Waals surface area (Å²) in [5.74, 6) is 0.943. The van der Waals surface area contributed by atoms with E-state index >= 15 is 0 Å². The number of methoxy groups -OCH3 is 2. The van der Waals surface area contributed by atoms with Gasteiger partial charge in [-0.25, -0.2) is 5.43 Å². The molecule has 0 heterocycles. The van der Waals surface area contributed by atoms with Crippen LogP contribution in [-0.4, -0.2) is 26.3 Å². The number of aryl methyl sites for hydroxylation is 1. The van der Waals surface area contributed by atoms with Crippen molar-refractivity contribution >= 4 is 28.1 Å². The van der Waals surface area contributed by atoms with Gasteiger partial charge in [0.15, 0.2) is 11.5 Å². The summed E-state index contributed by atoms with van der Waals surface area (Å²) < 4.78 is 11.2. The highest BCUT2D eigenvalue weighted by molar-refractivity contribution is 9.10. The first kappa shape index (κ1) is 17.0. The summed E-state index contributed by atoms with van der Waals surface area (Å²) in [5.41, 5.74) is 4.77. The van der Waals surface area contributed by atoms with Crippen molar-refractivity contribution in [3.05, 3.63) is 57.6 Å². The third-order valence-electron chi connectivity index (χ3n) is 3.26. The standard InChI is InChI=1S/C17H17BrN2O3/c1-11-6-4-5-7-13(11)17(21)20-19-10-12-8-15(22-2)16(23-3)9-14(12)18/h4-10H,1-3H3,(H,20,21)/b19-10-. The van der Waals surface area contributed by atoms with Gasteiger partial charge in [0.2, 0.25) is 0 Å². The molecule has 0 aromatic heterocycles.